The molecule has 2 atom stereocenters. The maximum Gasteiger partial charge on any atom is 0.0628 e. The number of nitrogens with zero attached hydrogens (tertiary/aromatic N) is 1. The summed E-state index contributed by atoms with van der Waals surface area (Å²) < 4.78 is 5.17. The van der Waals surface area contributed by atoms with Crippen molar-refractivity contribution in [3.8, 4) is 0 Å². The Morgan fingerprint density at radius 3 is 2.20 bits per heavy atom. The lowest BCUT2D eigenvalue weighted by Gasteiger charge is -2.37. The van der Waals surface area contributed by atoms with Gasteiger partial charge in [0, 0.05) is 25.7 Å². The molecule has 0 bridgehead atoms. The van der Waals surface area contributed by atoms with Gasteiger partial charge >= 0.3 is 0 Å². The summed E-state index contributed by atoms with van der Waals surface area (Å²) in [7, 11) is 5.91. The Balaban J connectivity index is 4.15. The van der Waals surface area contributed by atoms with Crippen LogP contribution in [0.5, 0.6) is 0 Å². The van der Waals surface area contributed by atoms with Crippen molar-refractivity contribution in [3.05, 3.63) is 0 Å². The second-order valence-corrected chi connectivity index (χ2v) is 5.42. The SMILES string of the molecule is CNC(COC)CN(C)C(C)C(C)(C)C. The summed E-state index contributed by atoms with van der Waals surface area (Å²) in [6, 6.07) is 0.968. The zero-order valence-electron chi connectivity index (χ0n) is 11.4. The normalized spacial score (nSPS) is 16.8. The zero-order valence-corrected chi connectivity index (χ0v) is 11.4. The van der Waals surface area contributed by atoms with Crippen LogP contribution in [0.15, 0.2) is 0 Å². The molecule has 0 heterocycles. The molecule has 0 aliphatic heterocycles. The standard InChI is InChI=1S/C12H28N2O/c1-10(12(2,3)4)14(6)8-11(13-5)9-15-7/h10-11,13H,8-9H2,1-7H3. The van der Waals surface area contributed by atoms with E-state index in [-0.39, 0.29) is 0 Å². The Morgan fingerprint density at radius 2 is 1.87 bits per heavy atom. The van der Waals surface area contributed by atoms with Crippen molar-refractivity contribution in [1.29, 1.82) is 0 Å². The number of ether oxygens (including phenoxy) is 1. The largest absolute Gasteiger partial charge is 0.383 e. The lowest BCUT2D eigenvalue weighted by atomic mass is 9.87. The van der Waals surface area contributed by atoms with E-state index < -0.39 is 0 Å². The highest BCUT2D eigenvalue weighted by Gasteiger charge is 2.25. The number of rotatable bonds is 6. The average molecular weight is 216 g/mol. The minimum atomic E-state index is 0.320. The smallest absolute Gasteiger partial charge is 0.0628 e. The lowest BCUT2D eigenvalue weighted by Crippen LogP contribution is -2.47. The molecular weight excluding hydrogens is 188 g/mol. The van der Waals surface area contributed by atoms with E-state index in [9.17, 15) is 0 Å². The van der Waals surface area contributed by atoms with E-state index in [4.69, 9.17) is 4.74 Å². The molecule has 0 spiro atoms. The summed E-state index contributed by atoms with van der Waals surface area (Å²) in [5.41, 5.74) is 0.320. The van der Waals surface area contributed by atoms with E-state index in [2.05, 4.69) is 45.0 Å². The van der Waals surface area contributed by atoms with Crippen molar-refractivity contribution in [2.75, 3.05) is 34.4 Å². The highest BCUT2D eigenvalue weighted by molar-refractivity contribution is 4.80. The second-order valence-electron chi connectivity index (χ2n) is 5.42. The third kappa shape index (κ3) is 5.50. The van der Waals surface area contributed by atoms with E-state index in [0.717, 1.165) is 13.2 Å². The highest BCUT2D eigenvalue weighted by atomic mass is 16.5. The molecule has 0 saturated carbocycles. The summed E-state index contributed by atoms with van der Waals surface area (Å²) in [6.07, 6.45) is 0. The van der Waals surface area contributed by atoms with E-state index in [1.54, 1.807) is 7.11 Å². The van der Waals surface area contributed by atoms with Gasteiger partial charge in [0.1, 0.15) is 0 Å². The molecule has 0 radical (unpaired) electrons. The molecule has 0 rings (SSSR count). The van der Waals surface area contributed by atoms with Crippen LogP contribution in [0.25, 0.3) is 0 Å². The molecule has 3 heteroatoms. The summed E-state index contributed by atoms with van der Waals surface area (Å²) in [6.45, 7) is 10.9. The van der Waals surface area contributed by atoms with Crippen molar-refractivity contribution in [2.24, 2.45) is 5.41 Å². The highest BCUT2D eigenvalue weighted by Crippen LogP contribution is 2.22. The average Bonchev–Trinajstić information content (AvgIpc) is 2.14. The van der Waals surface area contributed by atoms with Crippen LogP contribution >= 0.6 is 0 Å². The van der Waals surface area contributed by atoms with E-state index in [1.807, 2.05) is 7.05 Å². The molecule has 92 valence electrons. The van der Waals surface area contributed by atoms with Gasteiger partial charge in [-0.1, -0.05) is 20.8 Å². The summed E-state index contributed by atoms with van der Waals surface area (Å²) in [5, 5.41) is 3.27. The number of hydrogen-bond acceptors (Lipinski definition) is 3. The summed E-state index contributed by atoms with van der Waals surface area (Å²) >= 11 is 0. The Labute approximate surface area is 95.2 Å². The Hall–Kier alpha value is -0.120. The molecular formula is C12H28N2O. The molecule has 0 aromatic heterocycles. The van der Waals surface area contributed by atoms with E-state index >= 15 is 0 Å². The van der Waals surface area contributed by atoms with Gasteiger partial charge in [-0.05, 0) is 26.4 Å². The van der Waals surface area contributed by atoms with E-state index in [1.165, 1.54) is 0 Å². The van der Waals surface area contributed by atoms with Gasteiger partial charge in [0.2, 0.25) is 0 Å². The molecule has 0 fully saturated rings. The summed E-state index contributed by atoms with van der Waals surface area (Å²) in [5.74, 6) is 0. The van der Waals surface area contributed by atoms with Crippen molar-refractivity contribution in [1.82, 2.24) is 10.2 Å². The molecule has 0 aliphatic carbocycles. The minimum absolute atomic E-state index is 0.320. The van der Waals surface area contributed by atoms with Crippen molar-refractivity contribution in [2.45, 2.75) is 39.8 Å². The first kappa shape index (κ1) is 14.9. The first-order chi connectivity index (χ1) is 6.82. The number of methoxy groups -OCH3 is 1. The van der Waals surface area contributed by atoms with Crippen LogP contribution in [0.1, 0.15) is 27.7 Å². The van der Waals surface area contributed by atoms with Gasteiger partial charge in [-0.25, -0.2) is 0 Å². The number of hydrogen-bond donors (Lipinski definition) is 1. The second kappa shape index (κ2) is 6.46. The first-order valence-electron chi connectivity index (χ1n) is 5.69. The first-order valence-corrected chi connectivity index (χ1v) is 5.69. The molecule has 2 unspecified atom stereocenters. The predicted octanol–water partition coefficient (Wildman–Crippen LogP) is 1.59. The maximum absolute atomic E-state index is 5.17. The summed E-state index contributed by atoms with van der Waals surface area (Å²) in [4.78, 5) is 2.39. The van der Waals surface area contributed by atoms with Crippen LogP contribution in [0.2, 0.25) is 0 Å². The Kier molecular flexibility index (Phi) is 6.41. The Morgan fingerprint density at radius 1 is 1.33 bits per heavy atom. The van der Waals surface area contributed by atoms with Crippen LogP contribution < -0.4 is 5.32 Å². The molecule has 0 aromatic rings. The van der Waals surface area contributed by atoms with Gasteiger partial charge in [-0.3, -0.25) is 0 Å². The lowest BCUT2D eigenvalue weighted by molar-refractivity contribution is 0.101. The van der Waals surface area contributed by atoms with Gasteiger partial charge < -0.3 is 15.0 Å². The van der Waals surface area contributed by atoms with Gasteiger partial charge in [0.05, 0.1) is 6.61 Å². The fraction of sp³-hybridized carbons (Fsp3) is 1.00. The predicted molar refractivity (Wildman–Crippen MR) is 66.3 cm³/mol. The van der Waals surface area contributed by atoms with E-state index in [0.29, 0.717) is 17.5 Å². The number of likely N-dealkylation sites (N-methyl/N-ethyl adjacent to an activating group) is 2. The van der Waals surface area contributed by atoms with Gasteiger partial charge in [-0.2, -0.15) is 0 Å². The quantitative estimate of drug-likeness (QED) is 0.730. The number of nitrogens with one attached hydrogen (secondary N) is 1. The molecule has 0 aliphatic rings. The molecule has 15 heavy (non-hydrogen) atoms. The van der Waals surface area contributed by atoms with Gasteiger partial charge in [0.15, 0.2) is 0 Å². The van der Waals surface area contributed by atoms with Gasteiger partial charge in [0.25, 0.3) is 0 Å². The third-order valence-corrected chi connectivity index (χ3v) is 3.20. The molecule has 0 saturated heterocycles. The van der Waals surface area contributed by atoms with Crippen LogP contribution in [0.4, 0.5) is 0 Å². The van der Waals surface area contributed by atoms with Crippen molar-refractivity contribution >= 4 is 0 Å². The topological polar surface area (TPSA) is 24.5 Å². The van der Waals surface area contributed by atoms with Crippen LogP contribution in [0.3, 0.4) is 0 Å². The van der Waals surface area contributed by atoms with Gasteiger partial charge in [-0.15, -0.1) is 0 Å². The monoisotopic (exact) mass is 216 g/mol. The van der Waals surface area contributed by atoms with Crippen LogP contribution in [-0.4, -0.2) is 51.3 Å². The fourth-order valence-corrected chi connectivity index (χ4v) is 1.60. The minimum Gasteiger partial charge on any atom is -0.383 e. The molecule has 0 amide bonds. The van der Waals surface area contributed by atoms with Crippen molar-refractivity contribution in [3.63, 3.8) is 0 Å². The van der Waals surface area contributed by atoms with Crippen molar-refractivity contribution < 1.29 is 4.74 Å². The maximum atomic E-state index is 5.17. The third-order valence-electron chi connectivity index (χ3n) is 3.20. The van der Waals surface area contributed by atoms with Crippen LogP contribution in [0, 0.1) is 5.41 Å². The fourth-order valence-electron chi connectivity index (χ4n) is 1.60. The van der Waals surface area contributed by atoms with Crippen LogP contribution in [-0.2, 0) is 4.74 Å². The zero-order chi connectivity index (χ0) is 12.1. The molecule has 1 N–H and O–H groups in total. The Bertz CT molecular complexity index is 165. The molecule has 3 nitrogen and oxygen atoms in total. The molecule has 0 aromatic carbocycles.